The van der Waals surface area contributed by atoms with Crippen LogP contribution in [0, 0.1) is 0 Å². The fourth-order valence-electron chi connectivity index (χ4n) is 3.34. The first kappa shape index (κ1) is 21.5. The first-order chi connectivity index (χ1) is 15.1. The standard InChI is InChI=1S/C24H22Cl2N4O/c25-20-12-7-13-21(26)19(20)16-30-28-22(24(29-30)18-10-5-2-6-11-18)14-27-15-23(31)17-8-3-1-4-9-17/h1-13,23,27,31H,14-16H2/t23-/m0/s1. The monoisotopic (exact) mass is 452 g/mol. The van der Waals surface area contributed by atoms with Crippen LogP contribution in [0.15, 0.2) is 78.9 Å². The molecule has 158 valence electrons. The highest BCUT2D eigenvalue weighted by molar-refractivity contribution is 6.35. The van der Waals surface area contributed by atoms with Crippen molar-refractivity contribution in [2.24, 2.45) is 0 Å². The molecule has 0 aliphatic rings. The van der Waals surface area contributed by atoms with E-state index in [1.165, 1.54) is 0 Å². The molecule has 2 N–H and O–H groups in total. The number of aliphatic hydroxyl groups is 1. The Morgan fingerprint density at radius 3 is 2.16 bits per heavy atom. The van der Waals surface area contributed by atoms with Gasteiger partial charge in [0.25, 0.3) is 0 Å². The van der Waals surface area contributed by atoms with Crippen LogP contribution >= 0.6 is 23.2 Å². The first-order valence-electron chi connectivity index (χ1n) is 9.98. The van der Waals surface area contributed by atoms with Crippen molar-refractivity contribution < 1.29 is 5.11 Å². The lowest BCUT2D eigenvalue weighted by atomic mass is 10.1. The van der Waals surface area contributed by atoms with E-state index in [-0.39, 0.29) is 0 Å². The molecule has 0 aliphatic carbocycles. The number of halogens is 2. The summed E-state index contributed by atoms with van der Waals surface area (Å²) in [5.41, 5.74) is 4.19. The molecule has 7 heteroatoms. The SMILES string of the molecule is O[C@@H](CNCc1nn(Cc2c(Cl)cccc2Cl)nc1-c1ccccc1)c1ccccc1. The molecule has 0 radical (unpaired) electrons. The average Bonchev–Trinajstić information content (AvgIpc) is 3.20. The Hall–Kier alpha value is -2.70. The topological polar surface area (TPSA) is 63.0 Å². The van der Waals surface area contributed by atoms with E-state index in [0.29, 0.717) is 29.7 Å². The average molecular weight is 453 g/mol. The summed E-state index contributed by atoms with van der Waals surface area (Å²) in [5, 5.41) is 24.2. The van der Waals surface area contributed by atoms with E-state index in [0.717, 1.165) is 28.1 Å². The predicted molar refractivity (Wildman–Crippen MR) is 124 cm³/mol. The van der Waals surface area contributed by atoms with Gasteiger partial charge >= 0.3 is 0 Å². The maximum atomic E-state index is 10.4. The van der Waals surface area contributed by atoms with E-state index in [4.69, 9.17) is 28.3 Å². The van der Waals surface area contributed by atoms with Gasteiger partial charge in [-0.1, -0.05) is 89.9 Å². The van der Waals surface area contributed by atoms with Crippen molar-refractivity contribution in [3.63, 3.8) is 0 Å². The maximum absolute atomic E-state index is 10.4. The summed E-state index contributed by atoms with van der Waals surface area (Å²) in [7, 11) is 0. The Morgan fingerprint density at radius 2 is 1.48 bits per heavy atom. The molecule has 0 bridgehead atoms. The molecule has 1 atom stereocenters. The summed E-state index contributed by atoms with van der Waals surface area (Å²) >= 11 is 12.7. The summed E-state index contributed by atoms with van der Waals surface area (Å²) in [5.74, 6) is 0. The van der Waals surface area contributed by atoms with Gasteiger partial charge in [0.05, 0.1) is 12.6 Å². The van der Waals surface area contributed by atoms with E-state index in [9.17, 15) is 5.11 Å². The molecule has 3 aromatic carbocycles. The van der Waals surface area contributed by atoms with Crippen LogP contribution in [0.25, 0.3) is 11.3 Å². The second-order valence-corrected chi connectivity index (χ2v) is 7.96. The van der Waals surface area contributed by atoms with Gasteiger partial charge in [-0.2, -0.15) is 15.0 Å². The molecule has 31 heavy (non-hydrogen) atoms. The van der Waals surface area contributed by atoms with Crippen LogP contribution in [0.5, 0.6) is 0 Å². The Kier molecular flexibility index (Phi) is 6.99. The minimum absolute atomic E-state index is 0.366. The van der Waals surface area contributed by atoms with Gasteiger partial charge in [0.15, 0.2) is 0 Å². The summed E-state index contributed by atoms with van der Waals surface area (Å²) in [6.07, 6.45) is -0.599. The number of hydrogen-bond donors (Lipinski definition) is 2. The number of nitrogens with zero attached hydrogens (tertiary/aromatic N) is 3. The molecule has 4 rings (SSSR count). The van der Waals surface area contributed by atoms with Crippen LogP contribution in [0.3, 0.4) is 0 Å². The lowest BCUT2D eigenvalue weighted by molar-refractivity contribution is 0.174. The largest absolute Gasteiger partial charge is 0.387 e. The van der Waals surface area contributed by atoms with Gasteiger partial charge in [0.1, 0.15) is 11.4 Å². The van der Waals surface area contributed by atoms with Gasteiger partial charge in [-0.05, 0) is 17.7 Å². The molecule has 0 saturated carbocycles. The van der Waals surface area contributed by atoms with E-state index < -0.39 is 6.10 Å². The minimum atomic E-state index is -0.599. The lowest BCUT2D eigenvalue weighted by Crippen LogP contribution is -2.21. The van der Waals surface area contributed by atoms with Crippen molar-refractivity contribution in [2.45, 2.75) is 19.2 Å². The molecule has 0 unspecified atom stereocenters. The number of nitrogens with one attached hydrogen (secondary N) is 1. The maximum Gasteiger partial charge on any atom is 0.117 e. The predicted octanol–water partition coefficient (Wildman–Crippen LogP) is 5.12. The fraction of sp³-hybridized carbons (Fsp3) is 0.167. The highest BCUT2D eigenvalue weighted by atomic mass is 35.5. The summed E-state index contributed by atoms with van der Waals surface area (Å²) < 4.78 is 0. The van der Waals surface area contributed by atoms with Crippen molar-refractivity contribution in [1.82, 2.24) is 20.3 Å². The van der Waals surface area contributed by atoms with Crippen LogP contribution < -0.4 is 5.32 Å². The zero-order valence-electron chi connectivity index (χ0n) is 16.7. The first-order valence-corrected chi connectivity index (χ1v) is 10.7. The summed E-state index contributed by atoms with van der Waals surface area (Å²) in [6.45, 7) is 1.23. The lowest BCUT2D eigenvalue weighted by Gasteiger charge is -2.11. The molecule has 0 fully saturated rings. The number of hydrogen-bond acceptors (Lipinski definition) is 4. The van der Waals surface area contributed by atoms with Crippen LogP contribution in [0.4, 0.5) is 0 Å². The van der Waals surface area contributed by atoms with E-state index in [1.54, 1.807) is 16.9 Å². The van der Waals surface area contributed by atoms with Crippen molar-refractivity contribution in [3.05, 3.63) is 106 Å². The van der Waals surface area contributed by atoms with E-state index >= 15 is 0 Å². The Morgan fingerprint density at radius 1 is 0.839 bits per heavy atom. The van der Waals surface area contributed by atoms with E-state index in [2.05, 4.69) is 10.4 Å². The minimum Gasteiger partial charge on any atom is -0.387 e. The van der Waals surface area contributed by atoms with Gasteiger partial charge in [-0.25, -0.2) is 0 Å². The molecule has 1 heterocycles. The van der Waals surface area contributed by atoms with Gasteiger partial charge in [-0.15, -0.1) is 0 Å². The molecule has 0 aliphatic heterocycles. The highest BCUT2D eigenvalue weighted by Crippen LogP contribution is 2.26. The van der Waals surface area contributed by atoms with Gasteiger partial charge < -0.3 is 10.4 Å². The molecular weight excluding hydrogens is 431 g/mol. The molecule has 0 saturated heterocycles. The Bertz CT molecular complexity index is 1110. The van der Waals surface area contributed by atoms with Crippen LogP contribution in [-0.2, 0) is 13.1 Å². The summed E-state index contributed by atoms with van der Waals surface area (Å²) in [4.78, 5) is 1.61. The second-order valence-electron chi connectivity index (χ2n) is 7.15. The Balaban J connectivity index is 1.54. The van der Waals surface area contributed by atoms with Gasteiger partial charge in [-0.3, -0.25) is 0 Å². The van der Waals surface area contributed by atoms with Crippen molar-refractivity contribution >= 4 is 23.2 Å². The van der Waals surface area contributed by atoms with Crippen molar-refractivity contribution in [1.29, 1.82) is 0 Å². The van der Waals surface area contributed by atoms with Crippen LogP contribution in [0.1, 0.15) is 22.9 Å². The fourth-order valence-corrected chi connectivity index (χ4v) is 3.85. The third kappa shape index (κ3) is 5.32. The van der Waals surface area contributed by atoms with Crippen LogP contribution in [-0.4, -0.2) is 26.6 Å². The molecule has 4 aromatic rings. The molecular formula is C24H22Cl2N4O. The van der Waals surface area contributed by atoms with E-state index in [1.807, 2.05) is 66.7 Å². The number of rotatable bonds is 8. The molecule has 0 spiro atoms. The third-order valence-electron chi connectivity index (χ3n) is 4.95. The second kappa shape index (κ2) is 10.1. The zero-order chi connectivity index (χ0) is 21.6. The van der Waals surface area contributed by atoms with Gasteiger partial charge in [0, 0.05) is 34.3 Å². The van der Waals surface area contributed by atoms with Crippen molar-refractivity contribution in [2.75, 3.05) is 6.54 Å². The normalized spacial score (nSPS) is 12.1. The number of benzene rings is 3. The molecule has 1 aromatic heterocycles. The number of aromatic nitrogens is 3. The smallest absolute Gasteiger partial charge is 0.117 e. The van der Waals surface area contributed by atoms with Gasteiger partial charge in [0.2, 0.25) is 0 Å². The zero-order valence-corrected chi connectivity index (χ0v) is 18.3. The quantitative estimate of drug-likeness (QED) is 0.389. The molecule has 0 amide bonds. The van der Waals surface area contributed by atoms with Crippen LogP contribution in [0.2, 0.25) is 10.0 Å². The Labute approximate surface area is 191 Å². The molecule has 5 nitrogen and oxygen atoms in total. The summed E-state index contributed by atoms with van der Waals surface area (Å²) in [6, 6.07) is 24.9. The van der Waals surface area contributed by atoms with Crippen molar-refractivity contribution in [3.8, 4) is 11.3 Å². The highest BCUT2D eigenvalue weighted by Gasteiger charge is 2.16. The number of aliphatic hydroxyl groups excluding tert-OH is 1. The third-order valence-corrected chi connectivity index (χ3v) is 5.66.